The van der Waals surface area contributed by atoms with Gasteiger partial charge in [-0.25, -0.2) is 18.4 Å². The summed E-state index contributed by atoms with van der Waals surface area (Å²) >= 11 is 0. The first-order valence-corrected chi connectivity index (χ1v) is 12.4. The molecule has 1 atom stereocenters. The van der Waals surface area contributed by atoms with Gasteiger partial charge in [-0.1, -0.05) is 27.7 Å². The first kappa shape index (κ1) is 24.1. The van der Waals surface area contributed by atoms with E-state index in [1.807, 2.05) is 13.8 Å². The molecule has 8 nitrogen and oxygen atoms in total. The van der Waals surface area contributed by atoms with Gasteiger partial charge in [-0.2, -0.15) is 0 Å². The monoisotopic (exact) mass is 459 g/mol. The van der Waals surface area contributed by atoms with Gasteiger partial charge >= 0.3 is 0 Å². The molecule has 1 unspecified atom stereocenters. The van der Waals surface area contributed by atoms with Crippen LogP contribution in [0.3, 0.4) is 0 Å². The van der Waals surface area contributed by atoms with E-state index >= 15 is 0 Å². The predicted octanol–water partition coefficient (Wildman–Crippen LogP) is 3.96. The molecule has 0 bridgehead atoms. The fourth-order valence-corrected chi connectivity index (χ4v) is 4.72. The Morgan fingerprint density at radius 1 is 1.22 bits per heavy atom. The molecule has 3 rings (SSSR count). The van der Waals surface area contributed by atoms with E-state index in [1.165, 1.54) is 0 Å². The zero-order valence-corrected chi connectivity index (χ0v) is 20.5. The van der Waals surface area contributed by atoms with Gasteiger partial charge in [-0.05, 0) is 50.8 Å². The minimum atomic E-state index is -1.39. The Kier molecular flexibility index (Phi) is 7.84. The van der Waals surface area contributed by atoms with Gasteiger partial charge in [0.05, 0.1) is 22.8 Å². The van der Waals surface area contributed by atoms with Crippen molar-refractivity contribution in [2.45, 2.75) is 65.2 Å². The number of aromatic amines is 1. The number of rotatable bonds is 10. The Hall–Kier alpha value is -2.52. The Balaban J connectivity index is 2.17. The first-order chi connectivity index (χ1) is 15.3. The van der Waals surface area contributed by atoms with Gasteiger partial charge in [-0.15, -0.1) is 5.10 Å². The number of imidazole rings is 1. The van der Waals surface area contributed by atoms with Crippen LogP contribution in [-0.4, -0.2) is 36.9 Å². The van der Waals surface area contributed by atoms with Crippen LogP contribution < -0.4 is 15.0 Å². The fourth-order valence-electron chi connectivity index (χ4n) is 3.65. The van der Waals surface area contributed by atoms with Crippen LogP contribution in [-0.2, 0) is 11.0 Å². The van der Waals surface area contributed by atoms with Crippen molar-refractivity contribution in [3.8, 4) is 17.1 Å². The van der Waals surface area contributed by atoms with Crippen LogP contribution in [0.2, 0.25) is 0 Å². The maximum absolute atomic E-state index is 13.0. The van der Waals surface area contributed by atoms with Gasteiger partial charge in [-0.3, -0.25) is 4.79 Å². The summed E-state index contributed by atoms with van der Waals surface area (Å²) in [5.74, 6) is 2.28. The van der Waals surface area contributed by atoms with Crippen LogP contribution in [0.5, 0.6) is 5.75 Å². The Bertz CT molecular complexity index is 1160. The molecular formula is C23H33N5O3S. The minimum absolute atomic E-state index is 0.198. The van der Waals surface area contributed by atoms with Gasteiger partial charge < -0.3 is 9.72 Å². The summed E-state index contributed by atoms with van der Waals surface area (Å²) in [6, 6.07) is 5.30. The zero-order chi connectivity index (χ0) is 23.4. The van der Waals surface area contributed by atoms with Crippen molar-refractivity contribution in [1.82, 2.24) is 24.3 Å². The molecule has 0 amide bonds. The zero-order valence-electron chi connectivity index (χ0n) is 19.7. The number of nitrogens with one attached hydrogen (secondary N) is 2. The van der Waals surface area contributed by atoms with Gasteiger partial charge in [0.2, 0.25) is 0 Å². The lowest BCUT2D eigenvalue weighted by molar-refractivity contribution is 0.341. The van der Waals surface area contributed by atoms with E-state index in [0.29, 0.717) is 52.3 Å². The molecule has 9 heteroatoms. The Labute approximate surface area is 191 Å². The van der Waals surface area contributed by atoms with Crippen molar-refractivity contribution in [2.24, 2.45) is 5.92 Å². The molecule has 2 heterocycles. The molecule has 0 saturated heterocycles. The van der Waals surface area contributed by atoms with E-state index in [0.717, 1.165) is 18.7 Å². The van der Waals surface area contributed by atoms with Crippen LogP contribution in [0.4, 0.5) is 0 Å². The van der Waals surface area contributed by atoms with Gasteiger partial charge in [0.1, 0.15) is 22.6 Å². The summed E-state index contributed by atoms with van der Waals surface area (Å²) in [7, 11) is -1.39. The molecule has 0 radical (unpaired) electrons. The first-order valence-electron chi connectivity index (χ1n) is 11.2. The lowest BCUT2D eigenvalue weighted by atomic mass is 10.0. The van der Waals surface area contributed by atoms with E-state index in [-0.39, 0.29) is 11.5 Å². The normalized spacial score (nSPS) is 12.8. The second-order valence-electron chi connectivity index (χ2n) is 8.23. The standard InChI is InChI=1S/C23H33N5O3S/c1-7-16(8-2)22-25-15(6)20-23(29)26-21(27-28(20)22)18-12-17(10-11-19(18)31-9-3)32(30)24-13-14(4)5/h10-12,14,16,24H,7-9,13H2,1-6H3,(H,26,27,29). The molecule has 174 valence electrons. The average molecular weight is 460 g/mol. The van der Waals surface area contributed by atoms with Crippen LogP contribution in [0.15, 0.2) is 27.9 Å². The molecule has 0 fully saturated rings. The largest absolute Gasteiger partial charge is 0.493 e. The van der Waals surface area contributed by atoms with E-state index < -0.39 is 11.0 Å². The second-order valence-corrected chi connectivity index (χ2v) is 9.53. The topological polar surface area (TPSA) is 101 Å². The molecule has 3 aromatic rings. The molecule has 0 saturated carbocycles. The Morgan fingerprint density at radius 3 is 2.56 bits per heavy atom. The molecule has 0 spiro atoms. The highest BCUT2D eigenvalue weighted by molar-refractivity contribution is 7.83. The highest BCUT2D eigenvalue weighted by atomic mass is 32.2. The average Bonchev–Trinajstić information content (AvgIpc) is 3.10. The van der Waals surface area contributed by atoms with Crippen molar-refractivity contribution >= 4 is 16.5 Å². The third-order valence-electron chi connectivity index (χ3n) is 5.39. The molecule has 0 aliphatic rings. The fraction of sp³-hybridized carbons (Fsp3) is 0.522. The molecule has 2 aromatic heterocycles. The van der Waals surface area contributed by atoms with E-state index in [4.69, 9.17) is 9.84 Å². The summed E-state index contributed by atoms with van der Waals surface area (Å²) < 4.78 is 23.3. The lowest BCUT2D eigenvalue weighted by Gasteiger charge is -2.14. The van der Waals surface area contributed by atoms with Crippen molar-refractivity contribution in [3.05, 3.63) is 40.1 Å². The number of hydrogen-bond donors (Lipinski definition) is 2. The minimum Gasteiger partial charge on any atom is -0.493 e. The van der Waals surface area contributed by atoms with E-state index in [2.05, 4.69) is 42.4 Å². The van der Waals surface area contributed by atoms with Crippen molar-refractivity contribution < 1.29 is 8.95 Å². The number of nitrogens with zero attached hydrogens (tertiary/aromatic N) is 3. The van der Waals surface area contributed by atoms with Crippen LogP contribution in [0, 0.1) is 12.8 Å². The second kappa shape index (κ2) is 10.4. The highest BCUT2D eigenvalue weighted by Crippen LogP contribution is 2.30. The van der Waals surface area contributed by atoms with Crippen molar-refractivity contribution in [3.63, 3.8) is 0 Å². The molecule has 0 aliphatic carbocycles. The van der Waals surface area contributed by atoms with Crippen LogP contribution in [0.1, 0.15) is 64.9 Å². The highest BCUT2D eigenvalue weighted by Gasteiger charge is 2.21. The summed E-state index contributed by atoms with van der Waals surface area (Å²) in [6.07, 6.45) is 1.80. The van der Waals surface area contributed by atoms with E-state index in [1.54, 1.807) is 22.7 Å². The van der Waals surface area contributed by atoms with E-state index in [9.17, 15) is 9.00 Å². The maximum Gasteiger partial charge on any atom is 0.277 e. The third-order valence-corrected chi connectivity index (χ3v) is 6.51. The smallest absolute Gasteiger partial charge is 0.277 e. The number of benzene rings is 1. The van der Waals surface area contributed by atoms with Crippen molar-refractivity contribution in [1.29, 1.82) is 0 Å². The van der Waals surface area contributed by atoms with Gasteiger partial charge in [0, 0.05) is 12.5 Å². The summed E-state index contributed by atoms with van der Waals surface area (Å²) in [6.45, 7) is 13.1. The number of hydrogen-bond acceptors (Lipinski definition) is 5. The summed E-state index contributed by atoms with van der Waals surface area (Å²) in [5.41, 5.74) is 1.44. The number of ether oxygens (including phenoxy) is 1. The van der Waals surface area contributed by atoms with Crippen LogP contribution in [0.25, 0.3) is 16.9 Å². The van der Waals surface area contributed by atoms with Gasteiger partial charge in [0.15, 0.2) is 11.3 Å². The quantitative estimate of drug-likeness (QED) is 0.478. The molecule has 0 aliphatic heterocycles. The third kappa shape index (κ3) is 4.94. The van der Waals surface area contributed by atoms with Crippen LogP contribution >= 0.6 is 0 Å². The molecular weight excluding hydrogens is 426 g/mol. The summed E-state index contributed by atoms with van der Waals surface area (Å²) in [4.78, 5) is 21.1. The molecule has 32 heavy (non-hydrogen) atoms. The SMILES string of the molecule is CCOc1ccc(S(=O)NCC(C)C)cc1-c1nn2c(C(CC)CC)nc(C)c2c(=O)[nH]1. The Morgan fingerprint density at radius 2 is 1.94 bits per heavy atom. The molecule has 2 N–H and O–H groups in total. The maximum atomic E-state index is 13.0. The predicted molar refractivity (Wildman–Crippen MR) is 128 cm³/mol. The molecule has 1 aromatic carbocycles. The number of H-pyrrole nitrogens is 1. The number of fused-ring (bicyclic) bond motifs is 1. The number of aromatic nitrogens is 4. The number of aryl methyl sites for hydroxylation is 1. The summed E-state index contributed by atoms with van der Waals surface area (Å²) in [5, 5.41) is 4.76. The van der Waals surface area contributed by atoms with Gasteiger partial charge in [0.25, 0.3) is 5.56 Å². The van der Waals surface area contributed by atoms with Crippen molar-refractivity contribution in [2.75, 3.05) is 13.2 Å². The lowest BCUT2D eigenvalue weighted by Crippen LogP contribution is -2.22.